The number of amidine groups is 1. The highest BCUT2D eigenvalue weighted by molar-refractivity contribution is 5.90. The molecule has 0 saturated heterocycles. The van der Waals surface area contributed by atoms with Crippen molar-refractivity contribution in [2.24, 2.45) is 12.8 Å². The fraction of sp³-hybridized carbons (Fsp3) is 0.200. The number of halogens is 1. The van der Waals surface area contributed by atoms with Gasteiger partial charge in [-0.15, -0.1) is 0 Å². The third kappa shape index (κ3) is 1.84. The van der Waals surface area contributed by atoms with Gasteiger partial charge in [0.15, 0.2) is 0 Å². The molecule has 0 atom stereocenters. The summed E-state index contributed by atoms with van der Waals surface area (Å²) in [6, 6.07) is 0. The van der Waals surface area contributed by atoms with Crippen LogP contribution in [0.1, 0.15) is 5.69 Å². The summed E-state index contributed by atoms with van der Waals surface area (Å²) in [6.45, 7) is 0. The Labute approximate surface area is 69.1 Å². The van der Waals surface area contributed by atoms with Crippen LogP contribution in [0.3, 0.4) is 0 Å². The maximum absolute atomic E-state index is 10.7. The molecule has 0 spiro atoms. The quantitative estimate of drug-likeness (QED) is 0.294. The number of hydrogen-bond acceptors (Lipinski definition) is 1. The van der Waals surface area contributed by atoms with Gasteiger partial charge in [-0.1, -0.05) is 0 Å². The molecule has 5 nitrogen and oxygen atoms in total. The van der Waals surface area contributed by atoms with Crippen molar-refractivity contribution in [3.8, 4) is 0 Å². The monoisotopic (exact) mass is 176 g/mol. The first-order valence-corrected chi connectivity index (χ1v) is 2.75. The molecule has 0 saturated carbocycles. The molecule has 1 aromatic heterocycles. The largest absolute Gasteiger partial charge is 1.00 e. The molecule has 0 aliphatic carbocycles. The van der Waals surface area contributed by atoms with E-state index in [-0.39, 0.29) is 23.9 Å². The molecular formula is C5H9ClN4O. The second kappa shape index (κ2) is 3.25. The molecule has 5 N–H and O–H groups in total. The number of hydrogen-bond donors (Lipinski definition) is 3. The van der Waals surface area contributed by atoms with Crippen LogP contribution >= 0.6 is 0 Å². The van der Waals surface area contributed by atoms with Crippen LogP contribution in [0.15, 0.2) is 11.0 Å². The number of H-pyrrole nitrogens is 1. The van der Waals surface area contributed by atoms with Gasteiger partial charge in [0.25, 0.3) is 5.84 Å². The predicted molar refractivity (Wildman–Crippen MR) is 36.3 cm³/mol. The lowest BCUT2D eigenvalue weighted by Crippen LogP contribution is -3.00. The molecule has 6 heteroatoms. The van der Waals surface area contributed by atoms with Crippen LogP contribution < -0.4 is 29.2 Å². The van der Waals surface area contributed by atoms with Crippen LogP contribution in [0, 0.1) is 0 Å². The van der Waals surface area contributed by atoms with Gasteiger partial charge in [0, 0.05) is 13.2 Å². The second-order valence-electron chi connectivity index (χ2n) is 2.04. The molecule has 1 aromatic rings. The topological polar surface area (TPSA) is 89.4 Å². The summed E-state index contributed by atoms with van der Waals surface area (Å²) in [7, 11) is 1.62. The van der Waals surface area contributed by atoms with Gasteiger partial charge in [-0.05, 0) is 0 Å². The van der Waals surface area contributed by atoms with Gasteiger partial charge in [0.05, 0.1) is 0 Å². The number of aromatic nitrogens is 2. The lowest BCUT2D eigenvalue weighted by molar-refractivity contribution is -0.114. The molecule has 11 heavy (non-hydrogen) atoms. The van der Waals surface area contributed by atoms with Crippen LogP contribution in [-0.2, 0) is 7.05 Å². The van der Waals surface area contributed by atoms with Crippen molar-refractivity contribution in [1.82, 2.24) is 9.55 Å². The average molecular weight is 177 g/mol. The highest BCUT2D eigenvalue weighted by Gasteiger charge is 2.04. The van der Waals surface area contributed by atoms with E-state index in [2.05, 4.69) is 4.98 Å². The molecule has 0 aromatic carbocycles. The Hall–Kier alpha value is -1.23. The molecular weight excluding hydrogens is 168 g/mol. The third-order valence-corrected chi connectivity index (χ3v) is 1.20. The van der Waals surface area contributed by atoms with Crippen LogP contribution in [0.25, 0.3) is 0 Å². The van der Waals surface area contributed by atoms with Crippen molar-refractivity contribution in [3.63, 3.8) is 0 Å². The minimum atomic E-state index is -0.219. The van der Waals surface area contributed by atoms with Crippen molar-refractivity contribution >= 4 is 5.84 Å². The van der Waals surface area contributed by atoms with E-state index in [4.69, 9.17) is 11.1 Å². The number of nitrogens with two attached hydrogens (primary N) is 2. The number of imidazole rings is 1. The molecule has 1 rings (SSSR count). The molecule has 0 radical (unpaired) electrons. The maximum atomic E-state index is 10.7. The van der Waals surface area contributed by atoms with E-state index in [1.807, 2.05) is 0 Å². The van der Waals surface area contributed by atoms with Crippen molar-refractivity contribution in [2.75, 3.05) is 0 Å². The van der Waals surface area contributed by atoms with Crippen molar-refractivity contribution < 1.29 is 17.8 Å². The first-order valence-electron chi connectivity index (χ1n) is 2.75. The Morgan fingerprint density at radius 2 is 2.36 bits per heavy atom. The van der Waals surface area contributed by atoms with E-state index >= 15 is 0 Å². The zero-order chi connectivity index (χ0) is 7.72. The highest BCUT2D eigenvalue weighted by atomic mass is 35.5. The van der Waals surface area contributed by atoms with E-state index < -0.39 is 0 Å². The van der Waals surface area contributed by atoms with E-state index in [1.165, 1.54) is 10.8 Å². The summed E-state index contributed by atoms with van der Waals surface area (Å²) in [4.78, 5) is 13.2. The van der Waals surface area contributed by atoms with Gasteiger partial charge in [0.1, 0.15) is 5.69 Å². The zero-order valence-corrected chi connectivity index (χ0v) is 6.72. The summed E-state index contributed by atoms with van der Waals surface area (Å²) in [5.41, 5.74) is 5.45. The molecule has 0 aliphatic rings. The first-order chi connectivity index (χ1) is 4.61. The minimum absolute atomic E-state index is 0. The fourth-order valence-electron chi connectivity index (χ4n) is 0.635. The number of nitrogens with one attached hydrogen (secondary N) is 1. The first kappa shape index (κ1) is 9.77. The maximum Gasteiger partial charge on any atom is 0.325 e. The Balaban J connectivity index is 0.000001000. The van der Waals surface area contributed by atoms with Crippen LogP contribution in [0.4, 0.5) is 0 Å². The molecule has 0 fully saturated rings. The van der Waals surface area contributed by atoms with Gasteiger partial charge < -0.3 is 17.0 Å². The number of rotatable bonds is 1. The standard InChI is InChI=1S/C5H8N4O.ClH/c1-9-2-3(4(6)7)8-5(9)10;/h2H,1H3,(H3,6,7)(H,8,10);1H. The summed E-state index contributed by atoms with van der Waals surface area (Å²) >= 11 is 0. The Morgan fingerprint density at radius 1 is 1.82 bits per heavy atom. The number of aromatic amines is 1. The Morgan fingerprint density at radius 3 is 2.55 bits per heavy atom. The van der Waals surface area contributed by atoms with Crippen LogP contribution in [-0.4, -0.2) is 15.4 Å². The van der Waals surface area contributed by atoms with E-state index in [1.54, 1.807) is 7.05 Å². The summed E-state index contributed by atoms with van der Waals surface area (Å²) in [5, 5.41) is 5.21. The molecule has 1 heterocycles. The molecule has 0 bridgehead atoms. The smallest absolute Gasteiger partial charge is 0.325 e. The lowest BCUT2D eigenvalue weighted by atomic mass is 10.4. The summed E-state index contributed by atoms with van der Waals surface area (Å²) in [6.07, 6.45) is 1.54. The molecule has 62 valence electrons. The Kier molecular flexibility index (Phi) is 2.88. The van der Waals surface area contributed by atoms with Gasteiger partial charge in [0.2, 0.25) is 0 Å². The molecule has 0 unspecified atom stereocenters. The average Bonchev–Trinajstić information content (AvgIpc) is 2.13. The second-order valence-corrected chi connectivity index (χ2v) is 2.04. The predicted octanol–water partition coefficient (Wildman–Crippen LogP) is -5.82. The minimum Gasteiger partial charge on any atom is -1.00 e. The lowest BCUT2D eigenvalue weighted by Gasteiger charge is -1.80. The SMILES string of the molecule is Cn1cc(C(N)=[NH2+])[nH]c1=O.[Cl-]. The zero-order valence-electron chi connectivity index (χ0n) is 5.97. The Bertz CT molecular complexity index is 313. The fourth-order valence-corrected chi connectivity index (χ4v) is 0.635. The molecule has 0 amide bonds. The van der Waals surface area contributed by atoms with Crippen molar-refractivity contribution in [3.05, 3.63) is 22.4 Å². The number of aryl methyl sites for hydroxylation is 1. The summed E-state index contributed by atoms with van der Waals surface area (Å²) in [5.74, 6) is 0.123. The van der Waals surface area contributed by atoms with E-state index in [9.17, 15) is 4.79 Å². The van der Waals surface area contributed by atoms with Gasteiger partial charge in [-0.2, -0.15) is 0 Å². The van der Waals surface area contributed by atoms with Gasteiger partial charge in [-0.25, -0.2) is 4.79 Å². The highest BCUT2D eigenvalue weighted by Crippen LogP contribution is 1.83. The van der Waals surface area contributed by atoms with Crippen LogP contribution in [0.2, 0.25) is 0 Å². The third-order valence-electron chi connectivity index (χ3n) is 1.20. The van der Waals surface area contributed by atoms with E-state index in [0.29, 0.717) is 5.69 Å². The number of nitrogens with zero attached hydrogens (tertiary/aromatic N) is 1. The van der Waals surface area contributed by atoms with Crippen LogP contribution in [0.5, 0.6) is 0 Å². The van der Waals surface area contributed by atoms with E-state index in [0.717, 1.165) is 0 Å². The van der Waals surface area contributed by atoms with Gasteiger partial charge in [-0.3, -0.25) is 16.1 Å². The normalized spacial score (nSPS) is 8.82. The van der Waals surface area contributed by atoms with Gasteiger partial charge >= 0.3 is 5.69 Å². The van der Waals surface area contributed by atoms with Crippen molar-refractivity contribution in [1.29, 1.82) is 0 Å². The molecule has 0 aliphatic heterocycles. The van der Waals surface area contributed by atoms with Crippen molar-refractivity contribution in [2.45, 2.75) is 0 Å². The summed E-state index contributed by atoms with van der Waals surface area (Å²) < 4.78 is 1.37.